The van der Waals surface area contributed by atoms with Crippen LogP contribution in [0.25, 0.3) is 0 Å². The Morgan fingerprint density at radius 1 is 1.03 bits per heavy atom. The van der Waals surface area contributed by atoms with Gasteiger partial charge in [-0.15, -0.1) is 11.3 Å². The van der Waals surface area contributed by atoms with Crippen LogP contribution in [0.15, 0.2) is 53.9 Å². The minimum absolute atomic E-state index is 0.0791. The van der Waals surface area contributed by atoms with Gasteiger partial charge in [0.1, 0.15) is 16.5 Å². The average molecular weight is 455 g/mol. The van der Waals surface area contributed by atoms with Gasteiger partial charge in [0.05, 0.1) is 12.2 Å². The number of carbonyl (C=O) groups excluding carboxylic acids is 2. The van der Waals surface area contributed by atoms with Crippen molar-refractivity contribution < 1.29 is 14.0 Å². The van der Waals surface area contributed by atoms with E-state index in [1.807, 2.05) is 38.1 Å². The van der Waals surface area contributed by atoms with E-state index in [9.17, 15) is 14.0 Å². The van der Waals surface area contributed by atoms with E-state index in [1.54, 1.807) is 22.4 Å². The number of amides is 3. The second-order valence-electron chi connectivity index (χ2n) is 7.99. The number of benzene rings is 2. The largest absolute Gasteiger partial charge is 0.322 e. The maximum Gasteiger partial charge on any atom is 0.322 e. The van der Waals surface area contributed by atoms with E-state index in [2.05, 4.69) is 29.5 Å². The minimum Gasteiger partial charge on any atom is -0.318 e. The molecule has 0 radical (unpaired) electrons. The van der Waals surface area contributed by atoms with Crippen molar-refractivity contribution in [2.45, 2.75) is 46.2 Å². The third-order valence-corrected chi connectivity index (χ3v) is 5.76. The molecule has 3 amide bonds. The number of nitrogens with one attached hydrogen (secondary N) is 2. The minimum atomic E-state index is -0.514. The normalized spacial score (nSPS) is 11.0. The highest BCUT2D eigenvalue weighted by Gasteiger charge is 2.20. The van der Waals surface area contributed by atoms with Gasteiger partial charge in [-0.3, -0.25) is 4.79 Å². The lowest BCUT2D eigenvalue weighted by atomic mass is 10.0. The van der Waals surface area contributed by atoms with Crippen molar-refractivity contribution in [1.82, 2.24) is 9.88 Å². The van der Waals surface area contributed by atoms with E-state index in [0.717, 1.165) is 0 Å². The van der Waals surface area contributed by atoms with Crippen molar-refractivity contribution in [2.24, 2.45) is 0 Å². The molecule has 8 heteroatoms. The van der Waals surface area contributed by atoms with Crippen LogP contribution < -0.4 is 10.6 Å². The van der Waals surface area contributed by atoms with Gasteiger partial charge in [0.2, 0.25) is 0 Å². The van der Waals surface area contributed by atoms with Gasteiger partial charge in [-0.25, -0.2) is 14.2 Å². The monoisotopic (exact) mass is 454 g/mol. The Morgan fingerprint density at radius 2 is 1.72 bits per heavy atom. The predicted octanol–water partition coefficient (Wildman–Crippen LogP) is 6.10. The highest BCUT2D eigenvalue weighted by Crippen LogP contribution is 2.20. The number of aromatic nitrogens is 1. The Kier molecular flexibility index (Phi) is 7.58. The fourth-order valence-electron chi connectivity index (χ4n) is 3.02. The SMILES string of the molecule is CC(C)c1ccc(NC(=O)N(Cc2nc(C(=O)Nc3ccccc3F)cs2)C(C)C)cc1. The number of hydrogen-bond acceptors (Lipinski definition) is 4. The Balaban J connectivity index is 1.66. The van der Waals surface area contributed by atoms with Gasteiger partial charge in [-0.05, 0) is 49.6 Å². The fraction of sp³-hybridized carbons (Fsp3) is 0.292. The molecule has 3 rings (SSSR count). The van der Waals surface area contributed by atoms with Gasteiger partial charge in [0.25, 0.3) is 5.91 Å². The van der Waals surface area contributed by atoms with Gasteiger partial charge < -0.3 is 15.5 Å². The topological polar surface area (TPSA) is 74.3 Å². The summed E-state index contributed by atoms with van der Waals surface area (Å²) in [5.74, 6) is -0.592. The van der Waals surface area contributed by atoms with Crippen molar-refractivity contribution in [3.63, 3.8) is 0 Å². The molecule has 2 N–H and O–H groups in total. The second kappa shape index (κ2) is 10.4. The molecule has 0 bridgehead atoms. The van der Waals surface area contributed by atoms with Crippen LogP contribution in [-0.2, 0) is 6.54 Å². The summed E-state index contributed by atoms with van der Waals surface area (Å²) in [5, 5.41) is 7.66. The molecule has 168 valence electrons. The van der Waals surface area contributed by atoms with E-state index < -0.39 is 11.7 Å². The molecule has 32 heavy (non-hydrogen) atoms. The Bertz CT molecular complexity index is 1080. The van der Waals surface area contributed by atoms with Crippen LogP contribution in [0.4, 0.5) is 20.6 Å². The molecule has 0 aliphatic rings. The molecule has 0 fully saturated rings. The Morgan fingerprint density at radius 3 is 2.34 bits per heavy atom. The quantitative estimate of drug-likeness (QED) is 0.453. The summed E-state index contributed by atoms with van der Waals surface area (Å²) in [6, 6.07) is 13.4. The lowest BCUT2D eigenvalue weighted by Crippen LogP contribution is -2.39. The summed E-state index contributed by atoms with van der Waals surface area (Å²) in [7, 11) is 0. The number of rotatable bonds is 7. The van der Waals surface area contributed by atoms with Crippen LogP contribution in [0.5, 0.6) is 0 Å². The molecule has 3 aromatic rings. The molecular weight excluding hydrogens is 427 g/mol. The number of halogens is 1. The maximum absolute atomic E-state index is 13.8. The number of nitrogens with zero attached hydrogens (tertiary/aromatic N) is 2. The van der Waals surface area contributed by atoms with Crippen LogP contribution in [0.3, 0.4) is 0 Å². The average Bonchev–Trinajstić information content (AvgIpc) is 3.22. The van der Waals surface area contributed by atoms with Crippen LogP contribution in [0.2, 0.25) is 0 Å². The van der Waals surface area contributed by atoms with Crippen LogP contribution in [0.1, 0.15) is 54.7 Å². The molecule has 2 aromatic carbocycles. The molecular formula is C24H27FN4O2S. The zero-order valence-corrected chi connectivity index (χ0v) is 19.4. The van der Waals surface area contributed by atoms with Crippen LogP contribution in [-0.4, -0.2) is 27.9 Å². The first kappa shape index (κ1) is 23.4. The summed E-state index contributed by atoms with van der Waals surface area (Å²) >= 11 is 1.28. The molecule has 0 aliphatic heterocycles. The summed E-state index contributed by atoms with van der Waals surface area (Å²) in [6.45, 7) is 8.33. The van der Waals surface area contributed by atoms with Gasteiger partial charge in [0.15, 0.2) is 0 Å². The first-order chi connectivity index (χ1) is 15.2. The van der Waals surface area contributed by atoms with Crippen molar-refractivity contribution >= 4 is 34.6 Å². The second-order valence-corrected chi connectivity index (χ2v) is 8.93. The smallest absolute Gasteiger partial charge is 0.318 e. The van der Waals surface area contributed by atoms with Gasteiger partial charge >= 0.3 is 6.03 Å². The molecule has 0 atom stereocenters. The number of para-hydroxylation sites is 1. The van der Waals surface area contributed by atoms with Gasteiger partial charge in [-0.1, -0.05) is 38.1 Å². The Hall–Kier alpha value is -3.26. The van der Waals surface area contributed by atoms with Crippen molar-refractivity contribution in [3.8, 4) is 0 Å². The molecule has 1 aromatic heterocycles. The van der Waals surface area contributed by atoms with E-state index in [4.69, 9.17) is 0 Å². The first-order valence-corrected chi connectivity index (χ1v) is 11.3. The molecule has 0 spiro atoms. The van der Waals surface area contributed by atoms with E-state index in [-0.39, 0.29) is 30.0 Å². The van der Waals surface area contributed by atoms with E-state index in [1.165, 1.54) is 29.0 Å². The first-order valence-electron chi connectivity index (χ1n) is 10.4. The third kappa shape index (κ3) is 5.91. The third-order valence-electron chi connectivity index (χ3n) is 4.92. The zero-order valence-electron chi connectivity index (χ0n) is 18.6. The Labute approximate surface area is 191 Å². The maximum atomic E-state index is 13.8. The van der Waals surface area contributed by atoms with Crippen LogP contribution >= 0.6 is 11.3 Å². The van der Waals surface area contributed by atoms with Crippen molar-refractivity contribution in [2.75, 3.05) is 10.6 Å². The zero-order chi connectivity index (χ0) is 23.3. The molecule has 6 nitrogen and oxygen atoms in total. The van der Waals surface area contributed by atoms with Gasteiger partial charge in [-0.2, -0.15) is 0 Å². The number of carbonyl (C=O) groups is 2. The standard InChI is InChI=1S/C24H27FN4O2S/c1-15(2)17-9-11-18(12-10-17)26-24(31)29(16(3)4)13-22-27-21(14-32-22)23(30)28-20-8-6-5-7-19(20)25/h5-12,14-16H,13H2,1-4H3,(H,26,31)(H,28,30). The summed E-state index contributed by atoms with van der Waals surface area (Å²) < 4.78 is 13.8. The van der Waals surface area contributed by atoms with Crippen molar-refractivity contribution in [1.29, 1.82) is 0 Å². The summed E-state index contributed by atoms with van der Waals surface area (Å²) in [6.07, 6.45) is 0. The lowest BCUT2D eigenvalue weighted by molar-refractivity contribution is 0.102. The summed E-state index contributed by atoms with van der Waals surface area (Å²) in [5.41, 5.74) is 2.20. The number of thiazole rings is 1. The van der Waals surface area contributed by atoms with Crippen molar-refractivity contribution in [3.05, 3.63) is 76.0 Å². The molecule has 0 aliphatic carbocycles. The molecule has 1 heterocycles. The van der Waals surface area contributed by atoms with Gasteiger partial charge in [0, 0.05) is 17.1 Å². The van der Waals surface area contributed by atoms with Crippen LogP contribution in [0, 0.1) is 5.82 Å². The number of hydrogen-bond donors (Lipinski definition) is 2. The number of anilines is 2. The van der Waals surface area contributed by atoms with E-state index in [0.29, 0.717) is 16.6 Å². The molecule has 0 saturated heterocycles. The van der Waals surface area contributed by atoms with E-state index >= 15 is 0 Å². The highest BCUT2D eigenvalue weighted by atomic mass is 32.1. The highest BCUT2D eigenvalue weighted by molar-refractivity contribution is 7.09. The molecule has 0 saturated carbocycles. The number of urea groups is 1. The molecule has 0 unspecified atom stereocenters. The summed E-state index contributed by atoms with van der Waals surface area (Å²) in [4.78, 5) is 31.3. The predicted molar refractivity (Wildman–Crippen MR) is 127 cm³/mol. The fourth-order valence-corrected chi connectivity index (χ4v) is 3.79. The lowest BCUT2D eigenvalue weighted by Gasteiger charge is -2.26.